The molecule has 20 rings (SSSR count). The van der Waals surface area contributed by atoms with Crippen molar-refractivity contribution in [1.29, 1.82) is 0 Å². The molecule has 18 aromatic rings. The van der Waals surface area contributed by atoms with Gasteiger partial charge < -0.3 is 55.7 Å². The van der Waals surface area contributed by atoms with Crippen LogP contribution in [0.4, 0.5) is 0 Å². The van der Waals surface area contributed by atoms with Gasteiger partial charge in [-0.05, 0) is 143 Å². The van der Waals surface area contributed by atoms with Crippen molar-refractivity contribution in [3.8, 4) is 103 Å². The number of hydrogen-bond acceptors (Lipinski definition) is 16. The summed E-state index contributed by atoms with van der Waals surface area (Å²) in [6, 6.07) is 89.6. The maximum Gasteiger partial charge on any atom is 0.721 e. The molecule has 20 heteroatoms. The predicted octanol–water partition coefficient (Wildman–Crippen LogP) is 18.1. The maximum absolute atomic E-state index is 9.69. The van der Waals surface area contributed by atoms with Crippen LogP contribution in [0.3, 0.4) is 0 Å². The Bertz CT molecular complexity index is 5500. The Labute approximate surface area is 618 Å². The number of phenolic OH excluding ortho intramolecular Hbond substituents is 2. The molecule has 478 valence electrons. The minimum atomic E-state index is -1.42. The molecular weight excluding hydrogens is 1410 g/mol. The van der Waals surface area contributed by atoms with Gasteiger partial charge in [0.1, 0.15) is 56.2 Å². The molecule has 0 unspecified atom stereocenters. The molecule has 0 bridgehead atoms. The summed E-state index contributed by atoms with van der Waals surface area (Å²) in [5.41, 5.74) is 13.7. The van der Waals surface area contributed by atoms with Crippen LogP contribution in [-0.2, 0) is 71.5 Å². The third-order valence-electron chi connectivity index (χ3n) is 16.4. The summed E-state index contributed by atoms with van der Waals surface area (Å²) in [7, 11) is 0. The van der Waals surface area contributed by atoms with Gasteiger partial charge >= 0.3 is 17.8 Å². The summed E-state index contributed by atoms with van der Waals surface area (Å²) in [6.07, 6.45) is 0. The van der Waals surface area contributed by atoms with Gasteiger partial charge in [0.25, 0.3) is 11.0 Å². The second kappa shape index (κ2) is 27.8. The molecule has 2 aliphatic heterocycles. The first-order valence-corrected chi connectivity index (χ1v) is 31.3. The molecule has 100 heavy (non-hydrogen) atoms. The first-order chi connectivity index (χ1) is 48.4. The van der Waals surface area contributed by atoms with Crippen LogP contribution in [0.1, 0.15) is 0 Å². The Morgan fingerprint density at radius 1 is 0.290 bits per heavy atom. The third-order valence-corrected chi connectivity index (χ3v) is 16.4. The van der Waals surface area contributed by atoms with E-state index in [1.54, 1.807) is 36.4 Å². The first-order valence-electron chi connectivity index (χ1n) is 31.3. The average Bonchev–Trinajstić information content (AvgIpc) is 1.53. The fourth-order valence-corrected chi connectivity index (χ4v) is 11.9. The number of aromatic hydroxyl groups is 2. The molecule has 6 aromatic heterocycles. The van der Waals surface area contributed by atoms with Crippen molar-refractivity contribution >= 4 is 66.6 Å². The molecule has 0 amide bonds. The standard InChI is InChI=1S/C27H16N2O4.C27H18N2O4.2C13H9NO2.2Y/c1-5-13-21-17(9-1)25-28(19-11-3-7-15-23(19)30-25)27(32-21)29-20-12-4-8-16-24(20)31-26(29)18-10-2-6-14-22(18)33-27;1-5-13-22(18(9-1)26-28-20-11-3-7-15-24(20)32-26)30-17-31-23-14-6-2-10-19(23)27-29-21-12-4-8-16-25(21)33-27;2*15-11-7-3-1-5-9(11)13-14-10-6-2-4-8-12(10)16-13;;/h1-16H;1-16H,17H2;2*1-8,15H;;/q+2;;;;;. The fraction of sp³-hybridized carbons (Fsp3) is 0.0250. The Hall–Kier alpha value is -11.5. The van der Waals surface area contributed by atoms with E-state index >= 15 is 0 Å². The molecule has 0 saturated heterocycles. The van der Waals surface area contributed by atoms with Crippen molar-refractivity contribution in [3.63, 3.8) is 0 Å². The molecule has 2 aliphatic rings. The monoisotopic (exact) mass is 1470 g/mol. The average molecular weight is 1470 g/mol. The zero-order valence-electron chi connectivity index (χ0n) is 52.7. The zero-order valence-corrected chi connectivity index (χ0v) is 58.4. The summed E-state index contributed by atoms with van der Waals surface area (Å²) in [4.78, 5) is 17.8. The Kier molecular flexibility index (Phi) is 17.9. The van der Waals surface area contributed by atoms with Crippen LogP contribution in [0.2, 0.25) is 0 Å². The van der Waals surface area contributed by atoms with E-state index in [2.05, 4.69) is 19.9 Å². The van der Waals surface area contributed by atoms with E-state index in [1.165, 1.54) is 0 Å². The van der Waals surface area contributed by atoms with Gasteiger partial charge in [-0.2, -0.15) is 0 Å². The number of phenols is 2. The number of benzene rings is 12. The van der Waals surface area contributed by atoms with E-state index in [9.17, 15) is 10.2 Å². The van der Waals surface area contributed by atoms with Crippen molar-refractivity contribution in [3.05, 3.63) is 291 Å². The van der Waals surface area contributed by atoms with E-state index in [4.69, 9.17) is 45.5 Å². The van der Waals surface area contributed by atoms with Crippen molar-refractivity contribution in [2.24, 2.45) is 0 Å². The van der Waals surface area contributed by atoms with Crippen molar-refractivity contribution in [2.45, 2.75) is 6.03 Å². The molecule has 0 aliphatic carbocycles. The van der Waals surface area contributed by atoms with Gasteiger partial charge in [-0.15, -0.1) is 0 Å². The molecule has 12 aromatic carbocycles. The van der Waals surface area contributed by atoms with Crippen LogP contribution in [0.15, 0.2) is 318 Å². The normalized spacial score (nSPS) is 12.0. The van der Waals surface area contributed by atoms with Gasteiger partial charge in [-0.1, -0.05) is 146 Å². The minimum Gasteiger partial charge on any atom is -0.507 e. The topological polar surface area (TPSA) is 216 Å². The van der Waals surface area contributed by atoms with Gasteiger partial charge in [-0.25, -0.2) is 19.9 Å². The van der Waals surface area contributed by atoms with Crippen molar-refractivity contribution < 1.29 is 130 Å². The van der Waals surface area contributed by atoms with Crippen LogP contribution in [0.5, 0.6) is 34.5 Å². The molecule has 18 nitrogen and oxygen atoms in total. The molecule has 2 radical (unpaired) electrons. The zero-order chi connectivity index (χ0) is 65.5. The third kappa shape index (κ3) is 12.1. The minimum absolute atomic E-state index is 0. The number of oxazole rings is 6. The van der Waals surface area contributed by atoms with Crippen LogP contribution in [0, 0.1) is 0 Å². The van der Waals surface area contributed by atoms with Gasteiger partial charge in [0.15, 0.2) is 33.8 Å². The summed E-state index contributed by atoms with van der Waals surface area (Å²) < 4.78 is 65.2. The smallest absolute Gasteiger partial charge is 0.507 e. The molecule has 2 N–H and O–H groups in total. The van der Waals surface area contributed by atoms with Gasteiger partial charge in [-0.3, -0.25) is 0 Å². The molecule has 0 saturated carbocycles. The quantitative estimate of drug-likeness (QED) is 0.107. The predicted molar refractivity (Wildman–Crippen MR) is 366 cm³/mol. The van der Waals surface area contributed by atoms with E-state index in [1.807, 2.05) is 264 Å². The second-order valence-corrected chi connectivity index (χ2v) is 22.5. The Morgan fingerprint density at radius 3 is 0.930 bits per heavy atom. The molecule has 0 fully saturated rings. The number of rotatable bonds is 8. The van der Waals surface area contributed by atoms with Gasteiger partial charge in [0, 0.05) is 77.6 Å². The molecule has 8 heterocycles. The summed E-state index contributed by atoms with van der Waals surface area (Å²) in [6.45, 7) is -0.00547. The second-order valence-electron chi connectivity index (χ2n) is 22.5. The number of para-hydroxylation sites is 18. The van der Waals surface area contributed by atoms with Crippen molar-refractivity contribution in [1.82, 2.24) is 19.9 Å². The Balaban J connectivity index is 0.000000113. The van der Waals surface area contributed by atoms with Crippen molar-refractivity contribution in [2.75, 3.05) is 6.79 Å². The first kappa shape index (κ1) is 64.5. The van der Waals surface area contributed by atoms with Crippen LogP contribution >= 0.6 is 0 Å². The van der Waals surface area contributed by atoms with E-state index < -0.39 is 6.03 Å². The number of nitrogens with zero attached hydrogens (tertiary/aromatic N) is 6. The number of fused-ring (bicyclic) bond motifs is 16. The van der Waals surface area contributed by atoms with E-state index in [0.717, 1.165) is 88.9 Å². The SMILES string of the molecule is Oc1ccccc1-c1nc2ccccc2o1.Oc1ccccc1-c1nc2ccccc2o1.[Y].[Y].c1ccc(-c2nc3ccccc3o2)c(OCOc2ccccc2-c2nc3ccccc3o2)c1.c1ccc2c(c1)OC1(Oc3ccccc3-c3oc4ccccc4[n+]31)[n+]1c-2oc2ccccc21. The largest absolute Gasteiger partial charge is 0.721 e. The van der Waals surface area contributed by atoms with Gasteiger partial charge in [0.2, 0.25) is 41.5 Å². The summed E-state index contributed by atoms with van der Waals surface area (Å²) >= 11 is 0. The summed E-state index contributed by atoms with van der Waals surface area (Å²) in [5, 5.41) is 19.4. The molecular formula is C80H52N6O12Y2+2. The van der Waals surface area contributed by atoms with E-state index in [-0.39, 0.29) is 83.7 Å². The van der Waals surface area contributed by atoms with Gasteiger partial charge in [0.05, 0.1) is 22.3 Å². The summed E-state index contributed by atoms with van der Waals surface area (Å²) in [5.74, 6) is 6.10. The van der Waals surface area contributed by atoms with E-state index in [0.29, 0.717) is 69.5 Å². The molecule has 0 atom stereocenters. The molecule has 1 spiro atoms. The number of ether oxygens (including phenoxy) is 4. The van der Waals surface area contributed by atoms with Crippen LogP contribution < -0.4 is 28.1 Å². The maximum atomic E-state index is 9.69. The number of aromatic nitrogens is 6. The van der Waals surface area contributed by atoms with Crippen LogP contribution in [0.25, 0.3) is 135 Å². The fourth-order valence-electron chi connectivity index (χ4n) is 11.9. The Morgan fingerprint density at radius 2 is 0.570 bits per heavy atom. The van der Waals surface area contributed by atoms with Crippen LogP contribution in [-0.4, -0.2) is 36.9 Å². The number of hydrogen-bond donors (Lipinski definition) is 2.